The molecule has 0 aliphatic carbocycles. The third-order valence-corrected chi connectivity index (χ3v) is 3.90. The number of nitrogens with one attached hydrogen (secondary N) is 1. The molecule has 3 rings (SSSR count). The van der Waals surface area contributed by atoms with Gasteiger partial charge in [0.1, 0.15) is 5.75 Å². The first-order chi connectivity index (χ1) is 10.9. The highest BCUT2D eigenvalue weighted by Crippen LogP contribution is 2.31. The van der Waals surface area contributed by atoms with Crippen LogP contribution in [0.2, 0.25) is 5.02 Å². The number of hydrogen-bond acceptors (Lipinski definition) is 4. The number of non-ortho nitro benzene ring substituents is 1. The van der Waals surface area contributed by atoms with Crippen molar-refractivity contribution in [2.75, 3.05) is 5.32 Å². The average molecular weight is 333 g/mol. The number of nitro benzene ring substituents is 1. The molecule has 0 fully saturated rings. The number of rotatable bonds is 3. The SMILES string of the molecule is Cc1cc([N+](=O)[O-])ccc1NC(=O)[C@@H]1Cc2cc(Cl)ccc2O1. The van der Waals surface area contributed by atoms with Gasteiger partial charge in [-0.25, -0.2) is 0 Å². The number of aryl methyl sites for hydroxylation is 1. The second-order valence-corrected chi connectivity index (χ2v) is 5.74. The van der Waals surface area contributed by atoms with Gasteiger partial charge in [-0.2, -0.15) is 0 Å². The first kappa shape index (κ1) is 15.3. The van der Waals surface area contributed by atoms with Gasteiger partial charge in [-0.3, -0.25) is 14.9 Å². The smallest absolute Gasteiger partial charge is 0.269 e. The minimum Gasteiger partial charge on any atom is -0.480 e. The predicted octanol–water partition coefficient (Wildman–Crippen LogP) is 3.50. The van der Waals surface area contributed by atoms with Crippen molar-refractivity contribution < 1.29 is 14.5 Å². The number of halogens is 1. The molecule has 7 heteroatoms. The number of amides is 1. The van der Waals surface area contributed by atoms with E-state index in [1.165, 1.54) is 18.2 Å². The Labute approximate surface area is 137 Å². The summed E-state index contributed by atoms with van der Waals surface area (Å²) in [5, 5.41) is 14.1. The standard InChI is InChI=1S/C16H13ClN2O4/c1-9-6-12(19(21)22)3-4-13(9)18-16(20)15-8-10-7-11(17)2-5-14(10)23-15/h2-7,15H,8H2,1H3,(H,18,20)/t15-/m0/s1. The molecule has 1 aliphatic rings. The molecule has 0 bridgehead atoms. The van der Waals surface area contributed by atoms with Crippen molar-refractivity contribution in [3.8, 4) is 5.75 Å². The van der Waals surface area contributed by atoms with Crippen LogP contribution in [0.5, 0.6) is 5.75 Å². The molecule has 2 aromatic carbocycles. The third kappa shape index (κ3) is 3.12. The Bertz CT molecular complexity index is 807. The molecule has 118 valence electrons. The van der Waals surface area contributed by atoms with Gasteiger partial charge in [-0.1, -0.05) is 11.6 Å². The van der Waals surface area contributed by atoms with Gasteiger partial charge in [0, 0.05) is 29.3 Å². The molecule has 0 saturated carbocycles. The zero-order valence-electron chi connectivity index (χ0n) is 12.2. The van der Waals surface area contributed by atoms with Crippen LogP contribution in [-0.4, -0.2) is 16.9 Å². The summed E-state index contributed by atoms with van der Waals surface area (Å²) < 4.78 is 5.62. The quantitative estimate of drug-likeness (QED) is 0.689. The van der Waals surface area contributed by atoms with Crippen LogP contribution in [0.4, 0.5) is 11.4 Å². The lowest BCUT2D eigenvalue weighted by Gasteiger charge is -2.13. The predicted molar refractivity (Wildman–Crippen MR) is 86.0 cm³/mol. The minimum absolute atomic E-state index is 0.0142. The van der Waals surface area contributed by atoms with Crippen LogP contribution in [0.25, 0.3) is 0 Å². The molecule has 1 N–H and O–H groups in total. The number of carbonyl (C=O) groups excluding carboxylic acids is 1. The molecule has 1 atom stereocenters. The summed E-state index contributed by atoms with van der Waals surface area (Å²) in [6.45, 7) is 1.70. The lowest BCUT2D eigenvalue weighted by molar-refractivity contribution is -0.384. The van der Waals surface area contributed by atoms with Gasteiger partial charge in [0.25, 0.3) is 11.6 Å². The Morgan fingerprint density at radius 3 is 2.83 bits per heavy atom. The Morgan fingerprint density at radius 2 is 2.13 bits per heavy atom. The van der Waals surface area contributed by atoms with Crippen molar-refractivity contribution in [1.29, 1.82) is 0 Å². The van der Waals surface area contributed by atoms with Crippen LogP contribution < -0.4 is 10.1 Å². The summed E-state index contributed by atoms with van der Waals surface area (Å²) in [4.78, 5) is 22.6. The molecule has 2 aromatic rings. The number of anilines is 1. The van der Waals surface area contributed by atoms with Gasteiger partial charge >= 0.3 is 0 Å². The maximum Gasteiger partial charge on any atom is 0.269 e. The molecule has 1 heterocycles. The van der Waals surface area contributed by atoms with E-state index in [9.17, 15) is 14.9 Å². The van der Waals surface area contributed by atoms with E-state index >= 15 is 0 Å². The van der Waals surface area contributed by atoms with E-state index in [-0.39, 0.29) is 11.6 Å². The van der Waals surface area contributed by atoms with E-state index in [1.807, 2.05) is 0 Å². The van der Waals surface area contributed by atoms with Gasteiger partial charge < -0.3 is 10.1 Å². The van der Waals surface area contributed by atoms with Crippen molar-refractivity contribution in [2.45, 2.75) is 19.4 Å². The number of carbonyl (C=O) groups is 1. The zero-order valence-corrected chi connectivity index (χ0v) is 13.0. The molecule has 0 spiro atoms. The number of fused-ring (bicyclic) bond motifs is 1. The van der Waals surface area contributed by atoms with E-state index in [2.05, 4.69) is 5.32 Å². The van der Waals surface area contributed by atoms with Crippen LogP contribution in [0, 0.1) is 17.0 Å². The van der Waals surface area contributed by atoms with Crippen LogP contribution in [0.3, 0.4) is 0 Å². The van der Waals surface area contributed by atoms with Crippen molar-refractivity contribution in [3.63, 3.8) is 0 Å². The van der Waals surface area contributed by atoms with Crippen molar-refractivity contribution in [3.05, 3.63) is 62.7 Å². The van der Waals surface area contributed by atoms with E-state index in [0.717, 1.165) is 5.56 Å². The van der Waals surface area contributed by atoms with Crippen molar-refractivity contribution in [2.24, 2.45) is 0 Å². The van der Waals surface area contributed by atoms with E-state index in [0.29, 0.717) is 28.4 Å². The van der Waals surface area contributed by atoms with Crippen LogP contribution in [0.1, 0.15) is 11.1 Å². The number of hydrogen-bond donors (Lipinski definition) is 1. The Kier molecular flexibility index (Phi) is 3.92. The first-order valence-corrected chi connectivity index (χ1v) is 7.33. The highest BCUT2D eigenvalue weighted by atomic mass is 35.5. The summed E-state index contributed by atoms with van der Waals surface area (Å²) in [5.74, 6) is 0.351. The molecule has 23 heavy (non-hydrogen) atoms. The number of ether oxygens (including phenoxy) is 1. The van der Waals surface area contributed by atoms with Crippen LogP contribution in [0.15, 0.2) is 36.4 Å². The van der Waals surface area contributed by atoms with Gasteiger partial charge in [0.05, 0.1) is 4.92 Å². The van der Waals surface area contributed by atoms with Crippen molar-refractivity contribution >= 4 is 28.9 Å². The first-order valence-electron chi connectivity index (χ1n) is 6.95. The Morgan fingerprint density at radius 1 is 1.35 bits per heavy atom. The summed E-state index contributed by atoms with van der Waals surface area (Å²) >= 11 is 5.93. The topological polar surface area (TPSA) is 81.5 Å². The summed E-state index contributed by atoms with van der Waals surface area (Å²) in [6.07, 6.45) is -0.202. The third-order valence-electron chi connectivity index (χ3n) is 3.67. The monoisotopic (exact) mass is 332 g/mol. The summed E-state index contributed by atoms with van der Waals surface area (Å²) in [5.41, 5.74) is 2.02. The van der Waals surface area contributed by atoms with Gasteiger partial charge in [-0.15, -0.1) is 0 Å². The number of nitrogens with zero attached hydrogens (tertiary/aromatic N) is 1. The van der Waals surface area contributed by atoms with Gasteiger partial charge in [-0.05, 0) is 42.3 Å². The molecule has 0 saturated heterocycles. The van der Waals surface area contributed by atoms with E-state index < -0.39 is 11.0 Å². The lowest BCUT2D eigenvalue weighted by atomic mass is 10.1. The summed E-state index contributed by atoms with van der Waals surface area (Å²) in [7, 11) is 0. The number of benzene rings is 2. The van der Waals surface area contributed by atoms with Gasteiger partial charge in [0.15, 0.2) is 6.10 Å². The zero-order chi connectivity index (χ0) is 16.6. The van der Waals surface area contributed by atoms with Gasteiger partial charge in [0.2, 0.25) is 0 Å². The fraction of sp³-hybridized carbons (Fsp3) is 0.188. The van der Waals surface area contributed by atoms with Crippen molar-refractivity contribution in [1.82, 2.24) is 0 Å². The van der Waals surface area contributed by atoms with Crippen LogP contribution in [-0.2, 0) is 11.2 Å². The molecule has 0 radical (unpaired) electrons. The molecule has 1 aliphatic heterocycles. The van der Waals surface area contributed by atoms with Crippen LogP contribution >= 0.6 is 11.6 Å². The molecule has 0 aromatic heterocycles. The highest BCUT2D eigenvalue weighted by molar-refractivity contribution is 6.30. The highest BCUT2D eigenvalue weighted by Gasteiger charge is 2.29. The van der Waals surface area contributed by atoms with E-state index in [4.69, 9.17) is 16.3 Å². The minimum atomic E-state index is -0.641. The summed E-state index contributed by atoms with van der Waals surface area (Å²) in [6, 6.07) is 9.52. The molecule has 6 nitrogen and oxygen atoms in total. The lowest BCUT2D eigenvalue weighted by Crippen LogP contribution is -2.31. The molecule has 0 unspecified atom stereocenters. The van der Waals surface area contributed by atoms with E-state index in [1.54, 1.807) is 25.1 Å². The molecule has 1 amide bonds. The second kappa shape index (κ2) is 5.89. The average Bonchev–Trinajstić information content (AvgIpc) is 2.92. The number of nitro groups is 1. The Hall–Kier alpha value is -2.60. The fourth-order valence-electron chi connectivity index (χ4n) is 2.48. The largest absolute Gasteiger partial charge is 0.480 e. The maximum atomic E-state index is 12.3. The molecular weight excluding hydrogens is 320 g/mol. The normalized spacial score (nSPS) is 15.7. The Balaban J connectivity index is 1.72. The molecular formula is C16H13ClN2O4. The second-order valence-electron chi connectivity index (χ2n) is 5.31. The maximum absolute atomic E-state index is 12.3. The fourth-order valence-corrected chi connectivity index (χ4v) is 2.67.